The summed E-state index contributed by atoms with van der Waals surface area (Å²) in [6.45, 7) is 0. The number of nitrogens with zero attached hydrogens (tertiary/aromatic N) is 1. The van der Waals surface area contributed by atoms with Crippen molar-refractivity contribution in [3.8, 4) is 20.9 Å². The molecule has 2 heteroatoms. The molecule has 0 N–H and O–H groups in total. The third kappa shape index (κ3) is 2.01. The summed E-state index contributed by atoms with van der Waals surface area (Å²) in [4.78, 5) is 2.70. The second-order valence-corrected chi connectivity index (χ2v) is 8.79. The molecule has 0 atom stereocenters. The molecule has 0 saturated carbocycles. The molecule has 0 aliphatic rings. The van der Waals surface area contributed by atoms with Gasteiger partial charge in [0.2, 0.25) is 0 Å². The van der Waals surface area contributed by atoms with E-state index in [4.69, 9.17) is 0 Å². The molecule has 1 nitrogen and oxygen atoms in total. The van der Waals surface area contributed by atoms with Gasteiger partial charge >= 0.3 is 0 Å². The zero-order valence-corrected chi connectivity index (χ0v) is 17.0. The molecule has 7 aromatic rings. The molecular weight excluding hydrogens is 382 g/mol. The van der Waals surface area contributed by atoms with E-state index in [1.165, 1.54) is 59.0 Å². The summed E-state index contributed by atoms with van der Waals surface area (Å²) in [5, 5.41) is 5.41. The van der Waals surface area contributed by atoms with Crippen LogP contribution in [0.25, 0.3) is 59.0 Å². The Morgan fingerprint density at radius 3 is 1.73 bits per heavy atom. The van der Waals surface area contributed by atoms with E-state index in [0.29, 0.717) is 0 Å². The second kappa shape index (κ2) is 5.94. The molecule has 3 aromatic carbocycles. The van der Waals surface area contributed by atoms with Gasteiger partial charge in [0.1, 0.15) is 0 Å². The van der Waals surface area contributed by atoms with Crippen LogP contribution in [-0.4, -0.2) is 4.40 Å². The fourth-order valence-corrected chi connectivity index (χ4v) is 6.24. The Morgan fingerprint density at radius 2 is 1.03 bits per heavy atom. The molecule has 0 aliphatic heterocycles. The van der Waals surface area contributed by atoms with Crippen molar-refractivity contribution in [3.05, 3.63) is 103 Å². The quantitative estimate of drug-likeness (QED) is 0.276. The highest BCUT2D eigenvalue weighted by Gasteiger charge is 2.24. The summed E-state index contributed by atoms with van der Waals surface area (Å²) >= 11 is 1.91. The van der Waals surface area contributed by atoms with Crippen LogP contribution in [0.15, 0.2) is 103 Å². The summed E-state index contributed by atoms with van der Waals surface area (Å²) < 4.78 is 2.47. The van der Waals surface area contributed by atoms with Crippen molar-refractivity contribution in [1.82, 2.24) is 4.40 Å². The van der Waals surface area contributed by atoms with Gasteiger partial charge in [0, 0.05) is 31.3 Å². The van der Waals surface area contributed by atoms with E-state index in [-0.39, 0.29) is 0 Å². The predicted molar refractivity (Wildman–Crippen MR) is 130 cm³/mol. The zero-order valence-electron chi connectivity index (χ0n) is 16.2. The third-order valence-electron chi connectivity index (χ3n) is 6.14. The first kappa shape index (κ1) is 16.2. The molecule has 0 spiro atoms. The summed E-state index contributed by atoms with van der Waals surface area (Å²) in [7, 11) is 0. The van der Waals surface area contributed by atoms with Crippen molar-refractivity contribution in [3.63, 3.8) is 0 Å². The molecule has 0 bridgehead atoms. The Kier molecular flexibility index (Phi) is 3.21. The Labute approximate surface area is 177 Å². The second-order valence-electron chi connectivity index (χ2n) is 7.77. The SMILES string of the molecule is c1ccc(-c2sc(-c3ccccc3)c3c2c2cccc4c5ccccc5c3n42)cc1. The molecular formula is C28H17NS. The van der Waals surface area contributed by atoms with Gasteiger partial charge in [-0.05, 0) is 23.3 Å². The summed E-state index contributed by atoms with van der Waals surface area (Å²) in [6.07, 6.45) is 0. The zero-order chi connectivity index (χ0) is 19.7. The number of fused-ring (bicyclic) bond motifs is 6. The smallest absolute Gasteiger partial charge is 0.0635 e. The minimum atomic E-state index is 1.28. The van der Waals surface area contributed by atoms with E-state index in [2.05, 4.69) is 108 Å². The minimum absolute atomic E-state index is 1.28. The maximum Gasteiger partial charge on any atom is 0.0635 e. The van der Waals surface area contributed by atoms with Gasteiger partial charge in [-0.2, -0.15) is 0 Å². The van der Waals surface area contributed by atoms with E-state index < -0.39 is 0 Å². The molecule has 0 unspecified atom stereocenters. The van der Waals surface area contributed by atoms with Crippen molar-refractivity contribution in [2.45, 2.75) is 0 Å². The monoisotopic (exact) mass is 399 g/mol. The van der Waals surface area contributed by atoms with Gasteiger partial charge < -0.3 is 4.40 Å². The highest BCUT2D eigenvalue weighted by atomic mass is 32.1. The number of rotatable bonds is 2. The number of thiophene rings is 1. The normalized spacial score (nSPS) is 12.0. The first-order valence-corrected chi connectivity index (χ1v) is 11.0. The van der Waals surface area contributed by atoms with Crippen molar-refractivity contribution < 1.29 is 0 Å². The van der Waals surface area contributed by atoms with Crippen LogP contribution in [0.2, 0.25) is 0 Å². The molecule has 140 valence electrons. The molecule has 0 fully saturated rings. The third-order valence-corrected chi connectivity index (χ3v) is 7.43. The van der Waals surface area contributed by atoms with Crippen LogP contribution >= 0.6 is 11.3 Å². The lowest BCUT2D eigenvalue weighted by Crippen LogP contribution is -1.81. The van der Waals surface area contributed by atoms with Crippen LogP contribution in [0.5, 0.6) is 0 Å². The fraction of sp³-hybridized carbons (Fsp3) is 0. The Morgan fingerprint density at radius 1 is 0.467 bits per heavy atom. The van der Waals surface area contributed by atoms with E-state index in [1.807, 2.05) is 11.3 Å². The predicted octanol–water partition coefficient (Wildman–Crippen LogP) is 8.23. The van der Waals surface area contributed by atoms with Gasteiger partial charge in [-0.1, -0.05) is 91.0 Å². The van der Waals surface area contributed by atoms with E-state index in [1.54, 1.807) is 0 Å². The van der Waals surface area contributed by atoms with Crippen LogP contribution in [0.3, 0.4) is 0 Å². The van der Waals surface area contributed by atoms with Gasteiger partial charge in [0.05, 0.1) is 16.6 Å². The molecule has 0 aliphatic carbocycles. The Bertz CT molecular complexity index is 1670. The standard InChI is InChI=1S/C28H17NS/c1-3-10-18(11-4-1)27-24-23-17-9-16-22-20-14-7-8-15-21(20)26(29(22)23)25(24)28(30-27)19-12-5-2-6-13-19/h1-17H. The summed E-state index contributed by atoms with van der Waals surface area (Å²) in [6, 6.07) is 37.2. The molecule has 0 radical (unpaired) electrons. The van der Waals surface area contributed by atoms with Crippen LogP contribution in [-0.2, 0) is 0 Å². The molecule has 4 heterocycles. The van der Waals surface area contributed by atoms with Gasteiger partial charge in [-0.25, -0.2) is 0 Å². The van der Waals surface area contributed by atoms with Gasteiger partial charge in [-0.15, -0.1) is 11.3 Å². The van der Waals surface area contributed by atoms with E-state index in [9.17, 15) is 0 Å². The van der Waals surface area contributed by atoms with Crippen LogP contribution in [0, 0.1) is 0 Å². The Balaban J connectivity index is 1.78. The number of aromatic nitrogens is 1. The van der Waals surface area contributed by atoms with Crippen LogP contribution < -0.4 is 0 Å². The van der Waals surface area contributed by atoms with Crippen molar-refractivity contribution in [2.24, 2.45) is 0 Å². The van der Waals surface area contributed by atoms with E-state index in [0.717, 1.165) is 0 Å². The topological polar surface area (TPSA) is 4.41 Å². The van der Waals surface area contributed by atoms with Crippen molar-refractivity contribution in [1.29, 1.82) is 0 Å². The first-order valence-electron chi connectivity index (χ1n) is 10.2. The van der Waals surface area contributed by atoms with Crippen LogP contribution in [0.4, 0.5) is 0 Å². The molecule has 7 rings (SSSR count). The molecule has 0 saturated heterocycles. The highest BCUT2D eigenvalue weighted by Crippen LogP contribution is 2.51. The van der Waals surface area contributed by atoms with Crippen molar-refractivity contribution in [2.75, 3.05) is 0 Å². The van der Waals surface area contributed by atoms with Crippen LogP contribution in [0.1, 0.15) is 0 Å². The lowest BCUT2D eigenvalue weighted by molar-refractivity contribution is 1.36. The maximum absolute atomic E-state index is 2.47. The molecule has 4 aromatic heterocycles. The minimum Gasteiger partial charge on any atom is -0.308 e. The van der Waals surface area contributed by atoms with Gasteiger partial charge in [0.15, 0.2) is 0 Å². The van der Waals surface area contributed by atoms with Crippen molar-refractivity contribution >= 4 is 49.4 Å². The van der Waals surface area contributed by atoms with Gasteiger partial charge in [-0.3, -0.25) is 0 Å². The summed E-state index contributed by atoms with van der Waals surface area (Å²) in [5.41, 5.74) is 6.49. The Hall–Kier alpha value is -3.62. The largest absolute Gasteiger partial charge is 0.308 e. The highest BCUT2D eigenvalue weighted by molar-refractivity contribution is 7.21. The average molecular weight is 400 g/mol. The molecule has 0 amide bonds. The maximum atomic E-state index is 2.47. The van der Waals surface area contributed by atoms with Gasteiger partial charge in [0.25, 0.3) is 0 Å². The number of pyridine rings is 1. The number of hydrogen-bond donors (Lipinski definition) is 0. The van der Waals surface area contributed by atoms with E-state index >= 15 is 0 Å². The first-order chi connectivity index (χ1) is 14.9. The fourth-order valence-electron chi connectivity index (χ4n) is 4.92. The average Bonchev–Trinajstić information content (AvgIpc) is 3.47. The molecule has 30 heavy (non-hydrogen) atoms. The summed E-state index contributed by atoms with van der Waals surface area (Å²) in [5.74, 6) is 0. The lowest BCUT2D eigenvalue weighted by Gasteiger charge is -2.01. The lowest BCUT2D eigenvalue weighted by atomic mass is 10.0. The number of benzene rings is 3. The number of hydrogen-bond acceptors (Lipinski definition) is 1.